The van der Waals surface area contributed by atoms with Crippen molar-refractivity contribution in [2.24, 2.45) is 0 Å². The van der Waals surface area contributed by atoms with Crippen molar-refractivity contribution in [1.82, 2.24) is 0 Å². The number of nitrogens with zero attached hydrogens (tertiary/aromatic N) is 1. The molecular weight excluding hydrogens is 635 g/mol. The molecule has 0 atom stereocenters. The maximum Gasteiger partial charge on any atom is 0.0546 e. The molecule has 1 nitrogen and oxygen atoms in total. The zero-order valence-corrected chi connectivity index (χ0v) is 29.2. The third kappa shape index (κ3) is 5.33. The average molecular weight is 670 g/mol. The van der Waals surface area contributed by atoms with Crippen molar-refractivity contribution in [3.8, 4) is 22.3 Å². The van der Waals surface area contributed by atoms with Gasteiger partial charge in [0.25, 0.3) is 0 Å². The SMILES string of the molecule is C=Cc1sc2c(ccc3c(N(c4ccc(-c5ccc(-c6ccccc6)cc5)cc4)c4cc5ccccc5c5ccccc45)cccc32)c1/C=C\C. The van der Waals surface area contributed by atoms with Crippen LogP contribution in [0.4, 0.5) is 17.1 Å². The van der Waals surface area contributed by atoms with Crippen LogP contribution in [0.15, 0.2) is 176 Å². The van der Waals surface area contributed by atoms with Crippen molar-refractivity contribution in [3.63, 3.8) is 0 Å². The van der Waals surface area contributed by atoms with Gasteiger partial charge in [-0.3, -0.25) is 0 Å². The standard InChI is InChI=1S/C49H35NS/c1-3-13-43-45-31-30-42-44(49(45)51-48(43)4-2)20-12-21-46(42)50(47-32-37-16-8-9-17-39(37)40-18-10-11-19-41(40)47)38-28-26-36(27-29-38)35-24-22-34(23-25-35)33-14-6-5-7-15-33/h3-32H,2H2,1H3/b13-3-. The molecule has 0 aliphatic rings. The summed E-state index contributed by atoms with van der Waals surface area (Å²) < 4.78 is 1.29. The van der Waals surface area contributed by atoms with Crippen LogP contribution in [-0.2, 0) is 0 Å². The number of allylic oxidation sites excluding steroid dienone is 1. The summed E-state index contributed by atoms with van der Waals surface area (Å²) in [5.74, 6) is 0. The molecule has 0 spiro atoms. The molecule has 1 heterocycles. The Labute approximate surface area is 302 Å². The number of anilines is 3. The van der Waals surface area contributed by atoms with E-state index in [0.29, 0.717) is 0 Å². The van der Waals surface area contributed by atoms with Crippen LogP contribution in [0, 0.1) is 0 Å². The Hall–Kier alpha value is -6.22. The van der Waals surface area contributed by atoms with E-state index in [0.717, 1.165) is 17.1 Å². The highest BCUT2D eigenvalue weighted by molar-refractivity contribution is 7.21. The Morgan fingerprint density at radius 1 is 0.490 bits per heavy atom. The lowest BCUT2D eigenvalue weighted by Crippen LogP contribution is -2.11. The molecule has 51 heavy (non-hydrogen) atoms. The third-order valence-electron chi connectivity index (χ3n) is 9.95. The summed E-state index contributed by atoms with van der Waals surface area (Å²) >= 11 is 1.82. The summed E-state index contributed by atoms with van der Waals surface area (Å²) in [4.78, 5) is 3.66. The third-order valence-corrected chi connectivity index (χ3v) is 11.2. The minimum Gasteiger partial charge on any atom is -0.309 e. The molecule has 242 valence electrons. The first-order valence-electron chi connectivity index (χ1n) is 17.4. The predicted molar refractivity (Wildman–Crippen MR) is 225 cm³/mol. The molecule has 9 aromatic rings. The molecule has 0 fully saturated rings. The maximum absolute atomic E-state index is 4.14. The summed E-state index contributed by atoms with van der Waals surface area (Å²) in [5, 5.41) is 8.68. The van der Waals surface area contributed by atoms with Gasteiger partial charge in [0, 0.05) is 36.8 Å². The Bertz CT molecular complexity index is 2750. The molecule has 8 aromatic carbocycles. The number of rotatable bonds is 7. The molecule has 0 amide bonds. The minimum atomic E-state index is 1.11. The number of benzene rings is 8. The van der Waals surface area contributed by atoms with Crippen molar-refractivity contribution >= 4 is 83.0 Å². The summed E-state index contributed by atoms with van der Waals surface area (Å²) in [7, 11) is 0. The van der Waals surface area contributed by atoms with Gasteiger partial charge in [0.1, 0.15) is 0 Å². The minimum absolute atomic E-state index is 1.11. The van der Waals surface area contributed by atoms with Crippen molar-refractivity contribution in [2.45, 2.75) is 6.92 Å². The highest BCUT2D eigenvalue weighted by Gasteiger charge is 2.21. The van der Waals surface area contributed by atoms with Crippen molar-refractivity contribution in [2.75, 3.05) is 4.90 Å². The molecule has 0 aliphatic heterocycles. The molecular formula is C49H35NS. The summed E-state index contributed by atoms with van der Waals surface area (Å²) in [6.07, 6.45) is 6.30. The van der Waals surface area contributed by atoms with E-state index in [2.05, 4.69) is 194 Å². The van der Waals surface area contributed by atoms with Crippen molar-refractivity contribution in [3.05, 3.63) is 187 Å². The van der Waals surface area contributed by atoms with Gasteiger partial charge in [-0.1, -0.05) is 164 Å². The molecule has 0 aliphatic carbocycles. The van der Waals surface area contributed by atoms with E-state index < -0.39 is 0 Å². The molecule has 9 rings (SSSR count). The van der Waals surface area contributed by atoms with Gasteiger partial charge in [-0.15, -0.1) is 11.3 Å². The largest absolute Gasteiger partial charge is 0.309 e. The molecule has 1 aromatic heterocycles. The fraction of sp³-hybridized carbons (Fsp3) is 0.0204. The van der Waals surface area contributed by atoms with Crippen LogP contribution in [0.25, 0.3) is 76.8 Å². The van der Waals surface area contributed by atoms with Crippen LogP contribution in [0.3, 0.4) is 0 Å². The molecule has 0 radical (unpaired) electrons. The smallest absolute Gasteiger partial charge is 0.0546 e. The normalized spacial score (nSPS) is 11.6. The van der Waals surface area contributed by atoms with E-state index in [1.54, 1.807) is 0 Å². The van der Waals surface area contributed by atoms with Crippen LogP contribution in [0.5, 0.6) is 0 Å². The van der Waals surface area contributed by atoms with Gasteiger partial charge < -0.3 is 4.90 Å². The lowest BCUT2D eigenvalue weighted by molar-refractivity contribution is 1.32. The van der Waals surface area contributed by atoms with E-state index in [4.69, 9.17) is 0 Å². The number of fused-ring (bicyclic) bond motifs is 6. The second-order valence-electron chi connectivity index (χ2n) is 12.9. The van der Waals surface area contributed by atoms with Gasteiger partial charge in [-0.25, -0.2) is 0 Å². The second-order valence-corrected chi connectivity index (χ2v) is 13.9. The van der Waals surface area contributed by atoms with Crippen LogP contribution in [0.1, 0.15) is 17.4 Å². The van der Waals surface area contributed by atoms with Gasteiger partial charge in [0.15, 0.2) is 0 Å². The molecule has 0 N–H and O–H groups in total. The Balaban J connectivity index is 1.25. The van der Waals surface area contributed by atoms with Gasteiger partial charge in [0.2, 0.25) is 0 Å². The topological polar surface area (TPSA) is 3.24 Å². The number of hydrogen-bond donors (Lipinski definition) is 0. The van der Waals surface area contributed by atoms with Crippen molar-refractivity contribution < 1.29 is 0 Å². The lowest BCUT2D eigenvalue weighted by atomic mass is 9.97. The van der Waals surface area contributed by atoms with Gasteiger partial charge >= 0.3 is 0 Å². The summed E-state index contributed by atoms with van der Waals surface area (Å²) in [6, 6.07) is 59.7. The zero-order chi connectivity index (χ0) is 34.3. The van der Waals surface area contributed by atoms with Crippen LogP contribution in [-0.4, -0.2) is 0 Å². The van der Waals surface area contributed by atoms with Gasteiger partial charge in [0.05, 0.1) is 11.4 Å². The first kappa shape index (κ1) is 30.8. The highest BCUT2D eigenvalue weighted by Crippen LogP contribution is 2.47. The first-order chi connectivity index (χ1) is 25.2. The number of thiophene rings is 1. The quantitative estimate of drug-likeness (QED) is 0.153. The fourth-order valence-electron chi connectivity index (χ4n) is 7.53. The Morgan fingerprint density at radius 2 is 1.06 bits per heavy atom. The van der Waals surface area contributed by atoms with Crippen LogP contribution < -0.4 is 4.90 Å². The second kappa shape index (κ2) is 12.9. The van der Waals surface area contributed by atoms with Gasteiger partial charge in [-0.05, 0) is 75.2 Å². The van der Waals surface area contributed by atoms with E-state index in [1.165, 1.54) is 75.1 Å². The Kier molecular flexibility index (Phi) is 7.80. The molecule has 0 bridgehead atoms. The average Bonchev–Trinajstić information content (AvgIpc) is 3.57. The van der Waals surface area contributed by atoms with Gasteiger partial charge in [-0.2, -0.15) is 0 Å². The summed E-state index contributed by atoms with van der Waals surface area (Å²) in [5.41, 5.74) is 9.49. The maximum atomic E-state index is 4.14. The van der Waals surface area contributed by atoms with E-state index in [9.17, 15) is 0 Å². The predicted octanol–water partition coefficient (Wildman–Crippen LogP) is 14.8. The number of hydrogen-bond acceptors (Lipinski definition) is 2. The van der Waals surface area contributed by atoms with Crippen molar-refractivity contribution in [1.29, 1.82) is 0 Å². The highest BCUT2D eigenvalue weighted by atomic mass is 32.1. The fourth-order valence-corrected chi connectivity index (χ4v) is 8.70. The lowest BCUT2D eigenvalue weighted by Gasteiger charge is -2.29. The van der Waals surface area contributed by atoms with Crippen LogP contribution in [0.2, 0.25) is 0 Å². The molecule has 0 saturated carbocycles. The zero-order valence-electron chi connectivity index (χ0n) is 28.4. The molecule has 2 heteroatoms. The monoisotopic (exact) mass is 669 g/mol. The first-order valence-corrected chi connectivity index (χ1v) is 18.2. The summed E-state index contributed by atoms with van der Waals surface area (Å²) in [6.45, 7) is 6.22. The van der Waals surface area contributed by atoms with Crippen LogP contribution >= 0.6 is 11.3 Å². The van der Waals surface area contributed by atoms with E-state index >= 15 is 0 Å². The Morgan fingerprint density at radius 3 is 1.76 bits per heavy atom. The molecule has 0 saturated heterocycles. The van der Waals surface area contributed by atoms with E-state index in [-0.39, 0.29) is 0 Å². The molecule has 0 unspecified atom stereocenters. The van der Waals surface area contributed by atoms with E-state index in [1.807, 2.05) is 17.4 Å².